The molecule has 5 rings (SSSR count). The Morgan fingerprint density at radius 1 is 1.15 bits per heavy atom. The van der Waals surface area contributed by atoms with E-state index in [0.717, 1.165) is 54.2 Å². The first-order chi connectivity index (χ1) is 13.3. The van der Waals surface area contributed by atoms with E-state index in [1.807, 2.05) is 6.07 Å². The van der Waals surface area contributed by atoms with Gasteiger partial charge in [-0.2, -0.15) is 0 Å². The first kappa shape index (κ1) is 16.4. The SMILES string of the molecule is COc1ccc2c(c1)CCCN2Cc1nc(NC2CC2)nc2ccccc12. The van der Waals surface area contributed by atoms with E-state index < -0.39 is 0 Å². The summed E-state index contributed by atoms with van der Waals surface area (Å²) in [6, 6.07) is 15.3. The summed E-state index contributed by atoms with van der Waals surface area (Å²) in [7, 11) is 1.73. The van der Waals surface area contributed by atoms with Gasteiger partial charge in [0.05, 0.1) is 24.9 Å². The summed E-state index contributed by atoms with van der Waals surface area (Å²) < 4.78 is 5.40. The maximum atomic E-state index is 5.40. The molecule has 0 radical (unpaired) electrons. The number of nitrogens with one attached hydrogen (secondary N) is 1. The van der Waals surface area contributed by atoms with Crippen LogP contribution in [0.5, 0.6) is 5.75 Å². The van der Waals surface area contributed by atoms with Crippen molar-refractivity contribution in [3.63, 3.8) is 0 Å². The number of aromatic nitrogens is 2. The van der Waals surface area contributed by atoms with Crippen LogP contribution >= 0.6 is 0 Å². The third-order valence-corrected chi connectivity index (χ3v) is 5.43. The molecule has 0 saturated heterocycles. The van der Waals surface area contributed by atoms with Crippen LogP contribution in [0.3, 0.4) is 0 Å². The molecule has 2 aliphatic rings. The van der Waals surface area contributed by atoms with E-state index >= 15 is 0 Å². The molecule has 5 heteroatoms. The summed E-state index contributed by atoms with van der Waals surface area (Å²) in [4.78, 5) is 12.1. The second-order valence-corrected chi connectivity index (χ2v) is 7.45. The number of nitrogens with zero attached hydrogens (tertiary/aromatic N) is 3. The van der Waals surface area contributed by atoms with Crippen molar-refractivity contribution in [3.05, 3.63) is 53.7 Å². The van der Waals surface area contributed by atoms with Crippen molar-refractivity contribution in [2.24, 2.45) is 0 Å². The van der Waals surface area contributed by atoms with Gasteiger partial charge in [0.25, 0.3) is 0 Å². The minimum Gasteiger partial charge on any atom is -0.497 e. The van der Waals surface area contributed by atoms with Gasteiger partial charge in [0, 0.05) is 23.7 Å². The molecule has 0 bridgehead atoms. The van der Waals surface area contributed by atoms with Crippen molar-refractivity contribution < 1.29 is 4.74 Å². The molecule has 0 spiro atoms. The highest BCUT2D eigenvalue weighted by Gasteiger charge is 2.23. The van der Waals surface area contributed by atoms with Crippen molar-refractivity contribution in [3.8, 4) is 5.75 Å². The molecule has 1 N–H and O–H groups in total. The number of hydrogen-bond donors (Lipinski definition) is 1. The summed E-state index contributed by atoms with van der Waals surface area (Å²) >= 11 is 0. The van der Waals surface area contributed by atoms with Gasteiger partial charge in [0.2, 0.25) is 5.95 Å². The van der Waals surface area contributed by atoms with Gasteiger partial charge in [-0.05, 0) is 55.5 Å². The molecule has 27 heavy (non-hydrogen) atoms. The second-order valence-electron chi connectivity index (χ2n) is 7.45. The average Bonchev–Trinajstić information content (AvgIpc) is 3.52. The van der Waals surface area contributed by atoms with E-state index in [9.17, 15) is 0 Å². The topological polar surface area (TPSA) is 50.3 Å². The van der Waals surface area contributed by atoms with Gasteiger partial charge in [-0.1, -0.05) is 18.2 Å². The second kappa shape index (κ2) is 6.72. The van der Waals surface area contributed by atoms with Crippen LogP contribution in [0.2, 0.25) is 0 Å². The van der Waals surface area contributed by atoms with E-state index in [1.54, 1.807) is 7.11 Å². The Kier molecular flexibility index (Phi) is 4.07. The number of fused-ring (bicyclic) bond motifs is 2. The van der Waals surface area contributed by atoms with Crippen LogP contribution in [0.4, 0.5) is 11.6 Å². The highest BCUT2D eigenvalue weighted by molar-refractivity contribution is 5.82. The van der Waals surface area contributed by atoms with Crippen molar-refractivity contribution in [2.45, 2.75) is 38.3 Å². The fourth-order valence-electron chi connectivity index (χ4n) is 3.86. The number of anilines is 2. The third kappa shape index (κ3) is 3.29. The smallest absolute Gasteiger partial charge is 0.223 e. The van der Waals surface area contributed by atoms with E-state index in [-0.39, 0.29) is 0 Å². The molecular formula is C22H24N4O. The zero-order valence-corrected chi connectivity index (χ0v) is 15.6. The molecule has 2 heterocycles. The largest absolute Gasteiger partial charge is 0.497 e. The van der Waals surface area contributed by atoms with Crippen LogP contribution in [0.25, 0.3) is 10.9 Å². The summed E-state index contributed by atoms with van der Waals surface area (Å²) in [5.41, 5.74) is 4.75. The molecule has 1 aromatic heterocycles. The quantitative estimate of drug-likeness (QED) is 0.740. The molecule has 1 aliphatic carbocycles. The lowest BCUT2D eigenvalue weighted by Crippen LogP contribution is -2.29. The molecule has 2 aromatic carbocycles. The van der Waals surface area contributed by atoms with Crippen LogP contribution in [0.15, 0.2) is 42.5 Å². The van der Waals surface area contributed by atoms with Crippen molar-refractivity contribution >= 4 is 22.5 Å². The van der Waals surface area contributed by atoms with Crippen LogP contribution in [-0.4, -0.2) is 29.7 Å². The van der Waals surface area contributed by atoms with Crippen molar-refractivity contribution in [2.75, 3.05) is 23.9 Å². The molecule has 1 saturated carbocycles. The minimum absolute atomic E-state index is 0.544. The zero-order chi connectivity index (χ0) is 18.2. The Morgan fingerprint density at radius 3 is 2.89 bits per heavy atom. The summed E-state index contributed by atoms with van der Waals surface area (Å²) in [5, 5.41) is 4.60. The van der Waals surface area contributed by atoms with Gasteiger partial charge in [0.15, 0.2) is 0 Å². The van der Waals surface area contributed by atoms with Gasteiger partial charge in [0.1, 0.15) is 5.75 Å². The van der Waals surface area contributed by atoms with Gasteiger partial charge in [-0.3, -0.25) is 0 Å². The van der Waals surface area contributed by atoms with E-state index in [4.69, 9.17) is 14.7 Å². The maximum Gasteiger partial charge on any atom is 0.223 e. The molecule has 0 atom stereocenters. The highest BCUT2D eigenvalue weighted by atomic mass is 16.5. The lowest BCUT2D eigenvalue weighted by molar-refractivity contribution is 0.414. The Labute approximate surface area is 159 Å². The van der Waals surface area contributed by atoms with Gasteiger partial charge < -0.3 is 15.0 Å². The number of rotatable bonds is 5. The molecule has 3 aromatic rings. The summed E-state index contributed by atoms with van der Waals surface area (Å²) in [6.45, 7) is 1.84. The number of ether oxygens (including phenoxy) is 1. The fourth-order valence-corrected chi connectivity index (χ4v) is 3.86. The van der Waals surface area contributed by atoms with Gasteiger partial charge in [-0.15, -0.1) is 0 Å². The Hall–Kier alpha value is -2.82. The summed E-state index contributed by atoms with van der Waals surface area (Å²) in [5.74, 6) is 1.69. The molecule has 5 nitrogen and oxygen atoms in total. The van der Waals surface area contributed by atoms with Crippen molar-refractivity contribution in [1.82, 2.24) is 9.97 Å². The molecular weight excluding hydrogens is 336 g/mol. The lowest BCUT2D eigenvalue weighted by Gasteiger charge is -2.31. The van der Waals surface area contributed by atoms with Crippen LogP contribution < -0.4 is 15.0 Å². The van der Waals surface area contributed by atoms with Gasteiger partial charge in [-0.25, -0.2) is 9.97 Å². The number of para-hydroxylation sites is 1. The first-order valence-electron chi connectivity index (χ1n) is 9.74. The van der Waals surface area contributed by atoms with Gasteiger partial charge >= 0.3 is 0 Å². The molecule has 1 fully saturated rings. The molecule has 0 unspecified atom stereocenters. The summed E-state index contributed by atoms with van der Waals surface area (Å²) in [6.07, 6.45) is 4.68. The minimum atomic E-state index is 0.544. The number of aryl methyl sites for hydroxylation is 1. The van der Waals surface area contributed by atoms with E-state index in [1.165, 1.54) is 24.1 Å². The van der Waals surface area contributed by atoms with Crippen LogP contribution in [0, 0.1) is 0 Å². The predicted molar refractivity (Wildman–Crippen MR) is 109 cm³/mol. The number of benzene rings is 2. The molecule has 1 aliphatic heterocycles. The van der Waals surface area contributed by atoms with Crippen LogP contribution in [0.1, 0.15) is 30.5 Å². The lowest BCUT2D eigenvalue weighted by atomic mass is 10.0. The van der Waals surface area contributed by atoms with Crippen molar-refractivity contribution in [1.29, 1.82) is 0 Å². The maximum absolute atomic E-state index is 5.40. The third-order valence-electron chi connectivity index (χ3n) is 5.43. The van der Waals surface area contributed by atoms with Crippen LogP contribution in [-0.2, 0) is 13.0 Å². The number of methoxy groups -OCH3 is 1. The average molecular weight is 360 g/mol. The predicted octanol–water partition coefficient (Wildman–Crippen LogP) is 4.17. The zero-order valence-electron chi connectivity index (χ0n) is 15.6. The number of hydrogen-bond acceptors (Lipinski definition) is 5. The first-order valence-corrected chi connectivity index (χ1v) is 9.74. The monoisotopic (exact) mass is 360 g/mol. The highest BCUT2D eigenvalue weighted by Crippen LogP contribution is 2.32. The van der Waals surface area contributed by atoms with E-state index in [0.29, 0.717) is 6.04 Å². The fraction of sp³-hybridized carbons (Fsp3) is 0.364. The molecule has 138 valence electrons. The Bertz CT molecular complexity index is 983. The molecule has 0 amide bonds. The Morgan fingerprint density at radius 2 is 2.04 bits per heavy atom. The standard InChI is InChI=1S/C22H24N4O/c1-27-17-10-11-21-15(13-17)5-4-12-26(21)14-20-18-6-2-3-7-19(18)24-22(25-20)23-16-8-9-16/h2-3,6-7,10-11,13,16H,4-5,8-9,12,14H2,1H3,(H,23,24,25). The Balaban J connectivity index is 1.51. The van der Waals surface area contributed by atoms with E-state index in [2.05, 4.69) is 46.6 Å². The normalized spacial score (nSPS) is 16.3.